The van der Waals surface area contributed by atoms with Gasteiger partial charge in [0.2, 0.25) is 0 Å². The van der Waals surface area contributed by atoms with Crippen molar-refractivity contribution in [2.45, 2.75) is 56.1 Å². The molecule has 0 bridgehead atoms. The first-order valence-electron chi connectivity index (χ1n) is 6.71. The fraction of sp³-hybridized carbons (Fsp3) is 0.600. The van der Waals surface area contributed by atoms with Crippen LogP contribution in [-0.2, 0) is 0 Å². The molecule has 0 amide bonds. The summed E-state index contributed by atoms with van der Waals surface area (Å²) < 4.78 is 0. The number of thioether (sulfide) groups is 1. The van der Waals surface area contributed by atoms with E-state index in [0.29, 0.717) is 0 Å². The number of aryl methyl sites for hydroxylation is 1. The molecule has 2 unspecified atom stereocenters. The van der Waals surface area contributed by atoms with Gasteiger partial charge >= 0.3 is 0 Å². The van der Waals surface area contributed by atoms with Gasteiger partial charge in [-0.2, -0.15) is 0 Å². The number of nitrogens with two attached hydrogens (primary N) is 1. The number of nitrogen functional groups attached to an aromatic ring is 1. The molecule has 0 spiro atoms. The molecule has 0 radical (unpaired) electrons. The molecule has 2 rings (SSSR count). The van der Waals surface area contributed by atoms with Gasteiger partial charge in [-0.3, -0.25) is 0 Å². The smallest absolute Gasteiger partial charge is 0.0325 e. The topological polar surface area (TPSA) is 26.0 Å². The van der Waals surface area contributed by atoms with Gasteiger partial charge in [-0.1, -0.05) is 32.3 Å². The van der Waals surface area contributed by atoms with Crippen molar-refractivity contribution < 1.29 is 0 Å². The molecule has 2 atom stereocenters. The van der Waals surface area contributed by atoms with Crippen molar-refractivity contribution in [3.63, 3.8) is 0 Å². The molecule has 1 aromatic carbocycles. The number of hydrogen-bond donors (Lipinski definition) is 1. The van der Waals surface area contributed by atoms with E-state index in [1.54, 1.807) is 0 Å². The van der Waals surface area contributed by atoms with Crippen molar-refractivity contribution in [1.82, 2.24) is 0 Å². The zero-order chi connectivity index (χ0) is 12.3. The van der Waals surface area contributed by atoms with Crippen LogP contribution in [0, 0.1) is 12.8 Å². The highest BCUT2D eigenvalue weighted by Gasteiger charge is 2.21. The molecule has 2 N–H and O–H groups in total. The van der Waals surface area contributed by atoms with Gasteiger partial charge < -0.3 is 5.73 Å². The molecule has 1 nitrogen and oxygen atoms in total. The second-order valence-corrected chi connectivity index (χ2v) is 6.55. The first kappa shape index (κ1) is 12.8. The Hall–Kier alpha value is -0.630. The lowest BCUT2D eigenvalue weighted by Crippen LogP contribution is -2.16. The largest absolute Gasteiger partial charge is 0.399 e. The highest BCUT2D eigenvalue weighted by molar-refractivity contribution is 8.00. The maximum Gasteiger partial charge on any atom is 0.0325 e. The Morgan fingerprint density at radius 2 is 2.18 bits per heavy atom. The first-order chi connectivity index (χ1) is 8.19. The van der Waals surface area contributed by atoms with Gasteiger partial charge in [0.1, 0.15) is 0 Å². The first-order valence-corrected chi connectivity index (χ1v) is 7.59. The monoisotopic (exact) mass is 249 g/mol. The maximum absolute atomic E-state index is 5.87. The summed E-state index contributed by atoms with van der Waals surface area (Å²) in [5.41, 5.74) is 8.13. The van der Waals surface area contributed by atoms with Crippen LogP contribution in [0.3, 0.4) is 0 Å². The van der Waals surface area contributed by atoms with Gasteiger partial charge in [-0.05, 0) is 43.4 Å². The van der Waals surface area contributed by atoms with Crippen molar-refractivity contribution in [3.05, 3.63) is 23.8 Å². The lowest BCUT2D eigenvalue weighted by molar-refractivity contribution is 0.357. The summed E-state index contributed by atoms with van der Waals surface area (Å²) in [6.45, 7) is 4.51. The molecule has 0 saturated heterocycles. The third kappa shape index (κ3) is 3.41. The van der Waals surface area contributed by atoms with Gasteiger partial charge in [0.05, 0.1) is 0 Å². The number of hydrogen-bond acceptors (Lipinski definition) is 2. The highest BCUT2D eigenvalue weighted by atomic mass is 32.2. The molecular weight excluding hydrogens is 226 g/mol. The van der Waals surface area contributed by atoms with Gasteiger partial charge in [-0.15, -0.1) is 11.8 Å². The Labute approximate surface area is 109 Å². The van der Waals surface area contributed by atoms with E-state index in [9.17, 15) is 0 Å². The van der Waals surface area contributed by atoms with Crippen LogP contribution in [0.25, 0.3) is 0 Å². The Morgan fingerprint density at radius 1 is 1.35 bits per heavy atom. The van der Waals surface area contributed by atoms with Crippen LogP contribution in [-0.4, -0.2) is 5.25 Å². The minimum Gasteiger partial charge on any atom is -0.399 e. The Kier molecular flexibility index (Phi) is 4.38. The van der Waals surface area contributed by atoms with Gasteiger partial charge in [-0.25, -0.2) is 0 Å². The predicted molar refractivity (Wildman–Crippen MR) is 77.5 cm³/mol. The summed E-state index contributed by atoms with van der Waals surface area (Å²) >= 11 is 2.04. The van der Waals surface area contributed by atoms with Crippen molar-refractivity contribution in [1.29, 1.82) is 0 Å². The summed E-state index contributed by atoms with van der Waals surface area (Å²) in [5, 5.41) is 0.800. The summed E-state index contributed by atoms with van der Waals surface area (Å²) in [7, 11) is 0. The molecule has 17 heavy (non-hydrogen) atoms. The van der Waals surface area contributed by atoms with Crippen LogP contribution >= 0.6 is 11.8 Å². The number of anilines is 1. The van der Waals surface area contributed by atoms with E-state index in [4.69, 9.17) is 5.73 Å². The van der Waals surface area contributed by atoms with Crippen molar-refractivity contribution in [3.8, 4) is 0 Å². The number of benzene rings is 1. The van der Waals surface area contributed by atoms with Crippen molar-refractivity contribution in [2.75, 3.05) is 5.73 Å². The van der Waals surface area contributed by atoms with Crippen LogP contribution in [0.15, 0.2) is 23.1 Å². The summed E-state index contributed by atoms with van der Waals surface area (Å²) in [6, 6.07) is 6.27. The van der Waals surface area contributed by atoms with Gasteiger partial charge in [0.15, 0.2) is 0 Å². The van der Waals surface area contributed by atoms with Crippen LogP contribution in [0.2, 0.25) is 0 Å². The van der Waals surface area contributed by atoms with Crippen LogP contribution < -0.4 is 5.73 Å². The maximum atomic E-state index is 5.87. The molecule has 0 aliphatic heterocycles. The lowest BCUT2D eigenvalue weighted by Gasteiger charge is -2.28. The standard InChI is InChI=1S/C15H23NS/c1-3-12-5-4-6-14(9-12)17-15-10-13(16)8-7-11(15)2/h7-8,10,12,14H,3-6,9,16H2,1-2H3. The SMILES string of the molecule is CCC1CCCC(Sc2cc(N)ccc2C)C1. The molecular formula is C15H23NS. The van der Waals surface area contributed by atoms with Crippen LogP contribution in [0.5, 0.6) is 0 Å². The molecule has 1 aliphatic carbocycles. The zero-order valence-corrected chi connectivity index (χ0v) is 11.7. The van der Waals surface area contributed by atoms with E-state index in [-0.39, 0.29) is 0 Å². The molecule has 0 aromatic heterocycles. The fourth-order valence-corrected chi connectivity index (χ4v) is 4.11. The van der Waals surface area contributed by atoms with E-state index < -0.39 is 0 Å². The third-order valence-corrected chi connectivity index (χ3v) is 5.27. The molecule has 1 saturated carbocycles. The average Bonchev–Trinajstić information content (AvgIpc) is 2.34. The summed E-state index contributed by atoms with van der Waals surface area (Å²) in [5.74, 6) is 0.947. The fourth-order valence-electron chi connectivity index (χ4n) is 2.64. The molecule has 1 aromatic rings. The Bertz CT molecular complexity index is 375. The van der Waals surface area contributed by atoms with Gasteiger partial charge in [0.25, 0.3) is 0 Å². The lowest BCUT2D eigenvalue weighted by atomic mass is 9.87. The van der Waals surface area contributed by atoms with E-state index in [0.717, 1.165) is 16.9 Å². The molecule has 0 heterocycles. The van der Waals surface area contributed by atoms with Crippen molar-refractivity contribution >= 4 is 17.4 Å². The van der Waals surface area contributed by atoms with E-state index in [1.165, 1.54) is 42.6 Å². The minimum atomic E-state index is 0.800. The summed E-state index contributed by atoms with van der Waals surface area (Å²) in [4.78, 5) is 1.38. The molecule has 1 fully saturated rings. The number of rotatable bonds is 3. The molecule has 94 valence electrons. The average molecular weight is 249 g/mol. The Balaban J connectivity index is 2.02. The van der Waals surface area contributed by atoms with Gasteiger partial charge in [0, 0.05) is 15.8 Å². The van der Waals surface area contributed by atoms with E-state index >= 15 is 0 Å². The van der Waals surface area contributed by atoms with E-state index in [1.807, 2.05) is 17.8 Å². The van der Waals surface area contributed by atoms with Crippen molar-refractivity contribution in [2.24, 2.45) is 5.92 Å². The van der Waals surface area contributed by atoms with E-state index in [2.05, 4.69) is 26.0 Å². The normalized spacial score (nSPS) is 24.8. The minimum absolute atomic E-state index is 0.800. The third-order valence-electron chi connectivity index (χ3n) is 3.82. The molecule has 1 aliphatic rings. The summed E-state index contributed by atoms with van der Waals surface area (Å²) in [6.07, 6.45) is 6.93. The second kappa shape index (κ2) is 5.81. The quantitative estimate of drug-likeness (QED) is 0.790. The second-order valence-electron chi connectivity index (χ2n) is 5.21. The van der Waals surface area contributed by atoms with Crippen LogP contribution in [0.1, 0.15) is 44.6 Å². The zero-order valence-electron chi connectivity index (χ0n) is 10.9. The highest BCUT2D eigenvalue weighted by Crippen LogP contribution is 2.38. The Morgan fingerprint density at radius 3 is 2.94 bits per heavy atom. The van der Waals surface area contributed by atoms with Crippen LogP contribution in [0.4, 0.5) is 5.69 Å². The predicted octanol–water partition coefficient (Wildman–Crippen LogP) is 4.64. The molecule has 2 heteroatoms.